The fraction of sp³-hybridized carbons (Fsp3) is 0.269. The first-order valence-corrected chi connectivity index (χ1v) is 12.6. The summed E-state index contributed by atoms with van der Waals surface area (Å²) in [6, 6.07) is 15.2. The van der Waals surface area contributed by atoms with Crippen molar-refractivity contribution in [2.45, 2.75) is 38.8 Å². The number of anilines is 1. The highest BCUT2D eigenvalue weighted by atomic mass is 79.9. The third kappa shape index (κ3) is 6.02. The van der Waals surface area contributed by atoms with E-state index in [0.29, 0.717) is 34.4 Å². The minimum Gasteiger partial charge on any atom is -0.456 e. The molecule has 3 aromatic rings. The van der Waals surface area contributed by atoms with E-state index in [-0.39, 0.29) is 11.7 Å². The zero-order chi connectivity index (χ0) is 25.3. The molecule has 1 N–H and O–H groups in total. The lowest BCUT2D eigenvalue weighted by atomic mass is 10.1. The van der Waals surface area contributed by atoms with Gasteiger partial charge in [-0.3, -0.25) is 9.59 Å². The quantitative estimate of drug-likeness (QED) is 0.363. The van der Waals surface area contributed by atoms with E-state index < -0.39 is 23.5 Å². The number of carbonyl (C=O) groups is 3. The van der Waals surface area contributed by atoms with E-state index in [9.17, 15) is 14.4 Å². The molecule has 1 aromatic heterocycles. The lowest BCUT2D eigenvalue weighted by Crippen LogP contribution is -2.41. The van der Waals surface area contributed by atoms with E-state index in [1.54, 1.807) is 56.0 Å². The van der Waals surface area contributed by atoms with Crippen LogP contribution < -0.4 is 10.2 Å². The van der Waals surface area contributed by atoms with Gasteiger partial charge in [0.05, 0.1) is 5.56 Å². The van der Waals surface area contributed by atoms with Crippen molar-refractivity contribution in [2.75, 3.05) is 11.4 Å². The van der Waals surface area contributed by atoms with Gasteiger partial charge in [-0.25, -0.2) is 4.79 Å². The van der Waals surface area contributed by atoms with E-state index in [1.807, 2.05) is 24.3 Å². The largest absolute Gasteiger partial charge is 0.456 e. The van der Waals surface area contributed by atoms with Gasteiger partial charge in [-0.15, -0.1) is 0 Å². The summed E-state index contributed by atoms with van der Waals surface area (Å²) >= 11 is 6.80. The number of hydrogen-bond acceptors (Lipinski definition) is 5. The Morgan fingerprint density at radius 3 is 2.43 bits per heavy atom. The van der Waals surface area contributed by atoms with Gasteiger partial charge in [-0.2, -0.15) is 0 Å². The second kappa shape index (κ2) is 9.99. The lowest BCUT2D eigenvalue weighted by Gasteiger charge is -2.21. The fourth-order valence-corrected chi connectivity index (χ4v) is 4.46. The first-order valence-electron chi connectivity index (χ1n) is 11.0. The maximum Gasteiger partial charge on any atom is 0.338 e. The molecule has 2 aromatic carbocycles. The molecule has 0 radical (unpaired) electrons. The van der Waals surface area contributed by atoms with Crippen molar-refractivity contribution in [3.63, 3.8) is 0 Å². The van der Waals surface area contributed by atoms with Gasteiger partial charge in [0.15, 0.2) is 5.76 Å². The zero-order valence-electron chi connectivity index (χ0n) is 19.4. The number of hydrogen-bond donors (Lipinski definition) is 1. The third-order valence-electron chi connectivity index (χ3n) is 5.30. The Balaban J connectivity index is 1.45. The molecule has 2 heterocycles. The molecule has 0 bridgehead atoms. The Morgan fingerprint density at radius 2 is 1.74 bits per heavy atom. The molecule has 0 spiro atoms. The number of nitrogens with zero attached hydrogens (tertiary/aromatic N) is 1. The molecule has 35 heavy (non-hydrogen) atoms. The summed E-state index contributed by atoms with van der Waals surface area (Å²) in [5, 5.41) is 2.77. The first-order chi connectivity index (χ1) is 16.5. The summed E-state index contributed by atoms with van der Waals surface area (Å²) in [5.41, 5.74) is 1.09. The third-order valence-corrected chi connectivity index (χ3v) is 6.28. The Bertz CT molecular complexity index is 1280. The van der Waals surface area contributed by atoms with Crippen LogP contribution in [0.5, 0.6) is 0 Å². The van der Waals surface area contributed by atoms with Crippen molar-refractivity contribution in [3.8, 4) is 11.3 Å². The SMILES string of the molecule is CC(C)(C)OC(=O)c1cc(Br)cc(N2CCC(NC(=O)c3ccc(-c4ccc(Br)cc4)o3)C2=O)c1. The molecule has 7 nitrogen and oxygen atoms in total. The Morgan fingerprint density at radius 1 is 1.03 bits per heavy atom. The average Bonchev–Trinajstić information content (AvgIpc) is 3.40. The predicted molar refractivity (Wildman–Crippen MR) is 139 cm³/mol. The van der Waals surface area contributed by atoms with Crippen molar-refractivity contribution in [1.29, 1.82) is 0 Å². The van der Waals surface area contributed by atoms with Gasteiger partial charge in [-0.05, 0) is 69.7 Å². The Labute approximate surface area is 220 Å². The van der Waals surface area contributed by atoms with Gasteiger partial charge in [0.1, 0.15) is 17.4 Å². The Hall–Kier alpha value is -2.91. The monoisotopic (exact) mass is 602 g/mol. The lowest BCUT2D eigenvalue weighted by molar-refractivity contribution is -0.118. The van der Waals surface area contributed by atoms with Gasteiger partial charge in [0.25, 0.3) is 5.91 Å². The van der Waals surface area contributed by atoms with Crippen LogP contribution in [0, 0.1) is 0 Å². The molecule has 182 valence electrons. The molecule has 1 fully saturated rings. The zero-order valence-corrected chi connectivity index (χ0v) is 22.6. The number of esters is 1. The van der Waals surface area contributed by atoms with Crippen molar-refractivity contribution in [2.24, 2.45) is 0 Å². The molecule has 0 saturated carbocycles. The second-order valence-corrected chi connectivity index (χ2v) is 11.0. The van der Waals surface area contributed by atoms with Crippen molar-refractivity contribution in [3.05, 3.63) is 74.9 Å². The van der Waals surface area contributed by atoms with Crippen LogP contribution in [0.25, 0.3) is 11.3 Å². The maximum absolute atomic E-state index is 13.1. The van der Waals surface area contributed by atoms with E-state index in [2.05, 4.69) is 37.2 Å². The Kier molecular flexibility index (Phi) is 7.19. The summed E-state index contributed by atoms with van der Waals surface area (Å²) in [6.45, 7) is 5.78. The molecular weight excluding hydrogens is 580 g/mol. The van der Waals surface area contributed by atoms with Crippen LogP contribution in [0.4, 0.5) is 5.69 Å². The topological polar surface area (TPSA) is 88.8 Å². The molecule has 1 aliphatic rings. The fourth-order valence-electron chi connectivity index (χ4n) is 3.71. The summed E-state index contributed by atoms with van der Waals surface area (Å²) in [5.74, 6) is -0.505. The maximum atomic E-state index is 13.1. The predicted octanol–water partition coefficient (Wildman–Crippen LogP) is 5.96. The molecule has 1 unspecified atom stereocenters. The van der Waals surface area contributed by atoms with Crippen LogP contribution in [-0.2, 0) is 9.53 Å². The molecule has 0 aliphatic carbocycles. The van der Waals surface area contributed by atoms with Crippen LogP contribution >= 0.6 is 31.9 Å². The number of carbonyl (C=O) groups excluding carboxylic acids is 3. The van der Waals surface area contributed by atoms with Gasteiger partial charge in [0, 0.05) is 26.7 Å². The van der Waals surface area contributed by atoms with E-state index in [1.165, 1.54) is 0 Å². The van der Waals surface area contributed by atoms with Gasteiger partial charge in [-0.1, -0.05) is 44.0 Å². The molecule has 4 rings (SSSR count). The molecule has 1 aliphatic heterocycles. The van der Waals surface area contributed by atoms with Crippen molar-refractivity contribution in [1.82, 2.24) is 5.32 Å². The van der Waals surface area contributed by atoms with Crippen LogP contribution in [0.1, 0.15) is 48.1 Å². The summed E-state index contributed by atoms with van der Waals surface area (Å²) in [7, 11) is 0. The van der Waals surface area contributed by atoms with Crippen LogP contribution in [-0.4, -0.2) is 36.0 Å². The molecular formula is C26H24Br2N2O5. The van der Waals surface area contributed by atoms with Crippen LogP contribution in [0.2, 0.25) is 0 Å². The van der Waals surface area contributed by atoms with E-state index in [4.69, 9.17) is 9.15 Å². The number of halogens is 2. The minimum absolute atomic E-state index is 0.129. The molecule has 1 atom stereocenters. The van der Waals surface area contributed by atoms with E-state index >= 15 is 0 Å². The second-order valence-electron chi connectivity index (χ2n) is 9.18. The minimum atomic E-state index is -0.701. The van der Waals surface area contributed by atoms with Crippen LogP contribution in [0.3, 0.4) is 0 Å². The summed E-state index contributed by atoms with van der Waals surface area (Å²) in [6.07, 6.45) is 0.430. The van der Waals surface area contributed by atoms with Crippen molar-refractivity contribution >= 4 is 55.3 Å². The highest BCUT2D eigenvalue weighted by Gasteiger charge is 2.35. The summed E-state index contributed by atoms with van der Waals surface area (Å²) < 4.78 is 12.8. The number of amides is 2. The van der Waals surface area contributed by atoms with Crippen molar-refractivity contribution < 1.29 is 23.5 Å². The highest BCUT2D eigenvalue weighted by Crippen LogP contribution is 2.29. The number of furan rings is 1. The van der Waals surface area contributed by atoms with Gasteiger partial charge >= 0.3 is 5.97 Å². The number of benzene rings is 2. The average molecular weight is 604 g/mol. The summed E-state index contributed by atoms with van der Waals surface area (Å²) in [4.78, 5) is 40.0. The number of ether oxygens (including phenoxy) is 1. The van der Waals surface area contributed by atoms with Gasteiger partial charge in [0.2, 0.25) is 5.91 Å². The number of rotatable bonds is 5. The number of nitrogens with one attached hydrogen (secondary N) is 1. The van der Waals surface area contributed by atoms with E-state index in [0.717, 1.165) is 10.0 Å². The first kappa shape index (κ1) is 25.2. The normalized spacial score (nSPS) is 15.9. The highest BCUT2D eigenvalue weighted by molar-refractivity contribution is 9.10. The smallest absolute Gasteiger partial charge is 0.338 e. The standard InChI is InChI=1S/C26H24Br2N2O5/c1-26(2,3)35-25(33)16-12-18(28)14-19(13-16)30-11-10-20(24(30)32)29-23(31)22-9-8-21(34-22)15-4-6-17(27)7-5-15/h4-9,12-14,20H,10-11H2,1-3H3,(H,29,31). The van der Waals surface area contributed by atoms with Gasteiger partial charge < -0.3 is 19.4 Å². The molecule has 2 amide bonds. The molecule has 9 heteroatoms. The van der Waals surface area contributed by atoms with Crippen LogP contribution in [0.15, 0.2) is 68.0 Å². The molecule has 1 saturated heterocycles.